The molecular formula is C15H16N2O4. The Labute approximate surface area is 122 Å². The van der Waals surface area contributed by atoms with Gasteiger partial charge in [-0.25, -0.2) is 4.79 Å². The van der Waals surface area contributed by atoms with Gasteiger partial charge in [0.1, 0.15) is 18.1 Å². The van der Waals surface area contributed by atoms with Gasteiger partial charge in [0.15, 0.2) is 0 Å². The van der Waals surface area contributed by atoms with Gasteiger partial charge in [-0.3, -0.25) is 4.98 Å². The van der Waals surface area contributed by atoms with E-state index in [2.05, 4.69) is 9.72 Å². The van der Waals surface area contributed by atoms with Crippen LogP contribution in [0.1, 0.15) is 16.1 Å². The number of anilines is 1. The third kappa shape index (κ3) is 3.62. The number of esters is 1. The minimum atomic E-state index is -0.419. The molecule has 6 nitrogen and oxygen atoms in total. The monoisotopic (exact) mass is 288 g/mol. The Morgan fingerprint density at radius 2 is 2.05 bits per heavy atom. The SMILES string of the molecule is COC(=O)c1ccc(COc2ccc(OC)c(N)c2)nc1. The van der Waals surface area contributed by atoms with E-state index in [1.165, 1.54) is 13.3 Å². The van der Waals surface area contributed by atoms with Gasteiger partial charge in [-0.2, -0.15) is 0 Å². The zero-order valence-corrected chi connectivity index (χ0v) is 11.8. The van der Waals surface area contributed by atoms with Crippen molar-refractivity contribution in [3.8, 4) is 11.5 Å². The highest BCUT2D eigenvalue weighted by Crippen LogP contribution is 2.26. The molecule has 0 amide bonds. The van der Waals surface area contributed by atoms with Gasteiger partial charge >= 0.3 is 5.97 Å². The van der Waals surface area contributed by atoms with Crippen LogP contribution in [0.3, 0.4) is 0 Å². The van der Waals surface area contributed by atoms with Gasteiger partial charge in [0.25, 0.3) is 0 Å². The predicted molar refractivity (Wildman–Crippen MR) is 77.3 cm³/mol. The normalized spacial score (nSPS) is 10.0. The maximum Gasteiger partial charge on any atom is 0.339 e. The Morgan fingerprint density at radius 3 is 2.62 bits per heavy atom. The van der Waals surface area contributed by atoms with Crippen molar-refractivity contribution in [3.63, 3.8) is 0 Å². The molecule has 0 bridgehead atoms. The summed E-state index contributed by atoms with van der Waals surface area (Å²) in [5.41, 5.74) is 7.39. The van der Waals surface area contributed by atoms with E-state index >= 15 is 0 Å². The number of rotatable bonds is 5. The first-order valence-electron chi connectivity index (χ1n) is 6.23. The highest BCUT2D eigenvalue weighted by atomic mass is 16.5. The predicted octanol–water partition coefficient (Wildman–Crippen LogP) is 2.04. The lowest BCUT2D eigenvalue weighted by Gasteiger charge is -2.09. The third-order valence-corrected chi connectivity index (χ3v) is 2.83. The summed E-state index contributed by atoms with van der Waals surface area (Å²) in [7, 11) is 2.88. The van der Waals surface area contributed by atoms with Gasteiger partial charge in [-0.1, -0.05) is 0 Å². The maximum absolute atomic E-state index is 11.3. The Hall–Kier alpha value is -2.76. The average molecular weight is 288 g/mol. The van der Waals surface area contributed by atoms with Crippen LogP contribution in [0, 0.1) is 0 Å². The lowest BCUT2D eigenvalue weighted by Crippen LogP contribution is -2.04. The number of nitrogen functional groups attached to an aromatic ring is 1. The van der Waals surface area contributed by atoms with E-state index in [0.29, 0.717) is 28.4 Å². The minimum Gasteiger partial charge on any atom is -0.495 e. The van der Waals surface area contributed by atoms with Crippen LogP contribution in [0.4, 0.5) is 5.69 Å². The van der Waals surface area contributed by atoms with E-state index in [4.69, 9.17) is 15.2 Å². The number of hydrogen-bond acceptors (Lipinski definition) is 6. The van der Waals surface area contributed by atoms with Crippen molar-refractivity contribution < 1.29 is 19.0 Å². The van der Waals surface area contributed by atoms with E-state index in [0.717, 1.165) is 0 Å². The summed E-state index contributed by atoms with van der Waals surface area (Å²) in [5.74, 6) is 0.799. The van der Waals surface area contributed by atoms with Crippen LogP contribution in [0.5, 0.6) is 11.5 Å². The maximum atomic E-state index is 11.3. The molecule has 0 aliphatic carbocycles. The summed E-state index contributed by atoms with van der Waals surface area (Å²) >= 11 is 0. The van der Waals surface area contributed by atoms with Gasteiger partial charge < -0.3 is 19.9 Å². The molecule has 1 heterocycles. The van der Waals surface area contributed by atoms with Crippen LogP contribution in [0.25, 0.3) is 0 Å². The molecule has 0 saturated heterocycles. The summed E-state index contributed by atoms with van der Waals surface area (Å²) in [6.07, 6.45) is 1.45. The number of aromatic nitrogens is 1. The minimum absolute atomic E-state index is 0.271. The fourth-order valence-electron chi connectivity index (χ4n) is 1.71. The van der Waals surface area contributed by atoms with Crippen LogP contribution in [0.2, 0.25) is 0 Å². The molecule has 0 saturated carbocycles. The second kappa shape index (κ2) is 6.60. The molecule has 2 aromatic rings. The lowest BCUT2D eigenvalue weighted by molar-refractivity contribution is 0.0600. The molecule has 0 radical (unpaired) electrons. The fourth-order valence-corrected chi connectivity index (χ4v) is 1.71. The zero-order valence-electron chi connectivity index (χ0n) is 11.8. The van der Waals surface area contributed by atoms with Crippen LogP contribution in [0.15, 0.2) is 36.5 Å². The van der Waals surface area contributed by atoms with Gasteiger partial charge in [-0.05, 0) is 24.3 Å². The quantitative estimate of drug-likeness (QED) is 0.669. The van der Waals surface area contributed by atoms with Crippen molar-refractivity contribution >= 4 is 11.7 Å². The van der Waals surface area contributed by atoms with E-state index in [1.807, 2.05) is 0 Å². The second-order valence-corrected chi connectivity index (χ2v) is 4.22. The molecule has 1 aromatic carbocycles. The molecule has 6 heteroatoms. The van der Waals surface area contributed by atoms with E-state index in [9.17, 15) is 4.79 Å². The summed E-state index contributed by atoms with van der Waals surface area (Å²) < 4.78 is 15.3. The Bertz CT molecular complexity index is 626. The van der Waals surface area contributed by atoms with Gasteiger partial charge in [0, 0.05) is 12.3 Å². The number of carbonyl (C=O) groups excluding carboxylic acids is 1. The van der Waals surface area contributed by atoms with Crippen molar-refractivity contribution in [1.29, 1.82) is 0 Å². The molecule has 0 atom stereocenters. The third-order valence-electron chi connectivity index (χ3n) is 2.83. The molecule has 0 aliphatic rings. The van der Waals surface area contributed by atoms with E-state index in [1.54, 1.807) is 37.4 Å². The van der Waals surface area contributed by atoms with Crippen LogP contribution < -0.4 is 15.2 Å². The van der Waals surface area contributed by atoms with Gasteiger partial charge in [-0.15, -0.1) is 0 Å². The molecule has 0 aliphatic heterocycles. The first kappa shape index (κ1) is 14.6. The molecule has 2 rings (SSSR count). The topological polar surface area (TPSA) is 83.7 Å². The molecular weight excluding hydrogens is 272 g/mol. The smallest absolute Gasteiger partial charge is 0.339 e. The van der Waals surface area contributed by atoms with Crippen molar-refractivity contribution in [3.05, 3.63) is 47.8 Å². The number of pyridine rings is 1. The molecule has 0 fully saturated rings. The highest BCUT2D eigenvalue weighted by Gasteiger charge is 2.06. The van der Waals surface area contributed by atoms with Gasteiger partial charge in [0.2, 0.25) is 0 Å². The number of nitrogens with zero attached hydrogens (tertiary/aromatic N) is 1. The Kier molecular flexibility index (Phi) is 4.61. The highest BCUT2D eigenvalue weighted by molar-refractivity contribution is 5.88. The molecule has 1 aromatic heterocycles. The van der Waals surface area contributed by atoms with Crippen molar-refractivity contribution in [1.82, 2.24) is 4.98 Å². The first-order chi connectivity index (χ1) is 10.1. The largest absolute Gasteiger partial charge is 0.495 e. The Balaban J connectivity index is 1.99. The van der Waals surface area contributed by atoms with E-state index in [-0.39, 0.29) is 6.61 Å². The number of carbonyl (C=O) groups is 1. The molecule has 110 valence electrons. The Morgan fingerprint density at radius 1 is 1.24 bits per heavy atom. The van der Waals surface area contributed by atoms with Crippen molar-refractivity contribution in [2.24, 2.45) is 0 Å². The number of nitrogens with two attached hydrogens (primary N) is 1. The summed E-state index contributed by atoms with van der Waals surface area (Å²) in [6.45, 7) is 0.271. The second-order valence-electron chi connectivity index (χ2n) is 4.22. The molecule has 2 N–H and O–H groups in total. The molecule has 0 unspecified atom stereocenters. The number of ether oxygens (including phenoxy) is 3. The molecule has 0 spiro atoms. The standard InChI is InChI=1S/C15H16N2O4/c1-19-14-6-5-12(7-13(14)16)21-9-11-4-3-10(8-17-11)15(18)20-2/h3-8H,9,16H2,1-2H3. The van der Waals surface area contributed by atoms with E-state index < -0.39 is 5.97 Å². The van der Waals surface area contributed by atoms with Crippen LogP contribution >= 0.6 is 0 Å². The zero-order chi connectivity index (χ0) is 15.2. The van der Waals surface area contributed by atoms with Crippen molar-refractivity contribution in [2.45, 2.75) is 6.61 Å². The summed E-state index contributed by atoms with van der Waals surface area (Å²) in [6, 6.07) is 8.52. The summed E-state index contributed by atoms with van der Waals surface area (Å²) in [4.78, 5) is 15.4. The number of methoxy groups -OCH3 is 2. The fraction of sp³-hybridized carbons (Fsp3) is 0.200. The first-order valence-corrected chi connectivity index (χ1v) is 6.23. The lowest BCUT2D eigenvalue weighted by atomic mass is 10.2. The van der Waals surface area contributed by atoms with Crippen molar-refractivity contribution in [2.75, 3.05) is 20.0 Å². The summed E-state index contributed by atoms with van der Waals surface area (Å²) in [5, 5.41) is 0. The van der Waals surface area contributed by atoms with Crippen LogP contribution in [-0.2, 0) is 11.3 Å². The average Bonchev–Trinajstić information content (AvgIpc) is 2.52. The number of hydrogen-bond donors (Lipinski definition) is 1. The van der Waals surface area contributed by atoms with Crippen LogP contribution in [-0.4, -0.2) is 25.2 Å². The number of benzene rings is 1. The van der Waals surface area contributed by atoms with Gasteiger partial charge in [0.05, 0.1) is 31.2 Å². The molecule has 21 heavy (non-hydrogen) atoms.